The van der Waals surface area contributed by atoms with E-state index in [1.54, 1.807) is 4.90 Å². The Morgan fingerprint density at radius 3 is 2.88 bits per heavy atom. The van der Waals surface area contributed by atoms with Gasteiger partial charge in [-0.25, -0.2) is 4.39 Å². The van der Waals surface area contributed by atoms with Gasteiger partial charge in [0.2, 0.25) is 5.91 Å². The molecule has 0 aromatic heterocycles. The number of carbonyl (C=O) groups excluding carboxylic acids is 2. The van der Waals surface area contributed by atoms with Crippen molar-refractivity contribution in [3.05, 3.63) is 34.6 Å². The van der Waals surface area contributed by atoms with E-state index in [1.807, 2.05) is 0 Å². The Hall–Kier alpha value is -1.66. The molecule has 136 valence electrons. The van der Waals surface area contributed by atoms with E-state index in [2.05, 4.69) is 10.6 Å². The zero-order valence-corrected chi connectivity index (χ0v) is 14.8. The van der Waals surface area contributed by atoms with Gasteiger partial charge in [-0.05, 0) is 50.3 Å². The van der Waals surface area contributed by atoms with E-state index >= 15 is 0 Å². The molecule has 25 heavy (non-hydrogen) atoms. The second kappa shape index (κ2) is 8.15. The van der Waals surface area contributed by atoms with Crippen LogP contribution in [-0.2, 0) is 4.79 Å². The maximum Gasteiger partial charge on any atom is 0.258 e. The fourth-order valence-corrected chi connectivity index (χ4v) is 3.80. The van der Waals surface area contributed by atoms with Crippen LogP contribution in [-0.4, -0.2) is 48.9 Å². The lowest BCUT2D eigenvalue weighted by molar-refractivity contribution is -0.123. The van der Waals surface area contributed by atoms with Crippen molar-refractivity contribution in [2.75, 3.05) is 26.2 Å². The number of benzene rings is 1. The van der Waals surface area contributed by atoms with Gasteiger partial charge in [0.25, 0.3) is 5.91 Å². The van der Waals surface area contributed by atoms with Crippen LogP contribution in [0.2, 0.25) is 5.02 Å². The van der Waals surface area contributed by atoms with Crippen molar-refractivity contribution in [1.29, 1.82) is 0 Å². The fraction of sp³-hybridized carbons (Fsp3) is 0.556. The minimum absolute atomic E-state index is 0.0260. The topological polar surface area (TPSA) is 61.4 Å². The van der Waals surface area contributed by atoms with E-state index < -0.39 is 5.82 Å². The highest BCUT2D eigenvalue weighted by Crippen LogP contribution is 2.24. The molecule has 1 aromatic rings. The van der Waals surface area contributed by atoms with Crippen molar-refractivity contribution in [3.63, 3.8) is 0 Å². The molecular weight excluding hydrogens is 345 g/mol. The van der Waals surface area contributed by atoms with Gasteiger partial charge in [0.1, 0.15) is 5.82 Å². The van der Waals surface area contributed by atoms with Gasteiger partial charge < -0.3 is 15.5 Å². The minimum atomic E-state index is -0.597. The van der Waals surface area contributed by atoms with Crippen molar-refractivity contribution in [1.82, 2.24) is 15.5 Å². The van der Waals surface area contributed by atoms with Crippen molar-refractivity contribution in [2.45, 2.75) is 31.7 Å². The molecule has 3 rings (SSSR count). The van der Waals surface area contributed by atoms with Crippen LogP contribution in [0, 0.1) is 11.7 Å². The first-order valence-corrected chi connectivity index (χ1v) is 9.18. The monoisotopic (exact) mass is 367 g/mol. The standard InChI is InChI=1S/C18H23ClFN3O2/c19-13-5-1-6-14(20)16(13)18(25)23-9-3-4-12(11-23)10-22-17(24)15-7-2-8-21-15/h1,5-6,12,15,21H,2-4,7-11H2,(H,22,24). The number of hydrogen-bond acceptors (Lipinski definition) is 3. The first kappa shape index (κ1) is 18.1. The molecule has 5 nitrogen and oxygen atoms in total. The van der Waals surface area contributed by atoms with E-state index in [9.17, 15) is 14.0 Å². The molecule has 2 heterocycles. The van der Waals surface area contributed by atoms with Gasteiger partial charge in [-0.1, -0.05) is 17.7 Å². The Labute approximate surface area is 151 Å². The number of amides is 2. The maximum absolute atomic E-state index is 14.0. The molecule has 0 bridgehead atoms. The molecule has 1 aromatic carbocycles. The Kier molecular flexibility index (Phi) is 5.91. The van der Waals surface area contributed by atoms with Crippen LogP contribution in [0.4, 0.5) is 4.39 Å². The quantitative estimate of drug-likeness (QED) is 0.857. The molecule has 2 N–H and O–H groups in total. The zero-order valence-electron chi connectivity index (χ0n) is 14.1. The van der Waals surface area contributed by atoms with Gasteiger partial charge in [-0.15, -0.1) is 0 Å². The van der Waals surface area contributed by atoms with E-state index in [4.69, 9.17) is 11.6 Å². The maximum atomic E-state index is 14.0. The highest BCUT2D eigenvalue weighted by molar-refractivity contribution is 6.33. The first-order valence-electron chi connectivity index (χ1n) is 8.80. The van der Waals surface area contributed by atoms with Crippen LogP contribution < -0.4 is 10.6 Å². The smallest absolute Gasteiger partial charge is 0.258 e. The second-order valence-electron chi connectivity index (χ2n) is 6.75. The molecule has 0 spiro atoms. The molecular formula is C18H23ClFN3O2. The predicted molar refractivity (Wildman–Crippen MR) is 94.1 cm³/mol. The molecule has 2 atom stereocenters. The summed E-state index contributed by atoms with van der Waals surface area (Å²) in [5.74, 6) is -0.775. The SMILES string of the molecule is O=C(NCC1CCCN(C(=O)c2c(F)cccc2Cl)C1)C1CCCN1. The average molecular weight is 368 g/mol. The number of nitrogens with one attached hydrogen (secondary N) is 2. The summed E-state index contributed by atoms with van der Waals surface area (Å²) in [5.41, 5.74) is -0.0657. The summed E-state index contributed by atoms with van der Waals surface area (Å²) < 4.78 is 14.0. The minimum Gasteiger partial charge on any atom is -0.354 e. The molecule has 0 radical (unpaired) electrons. The number of hydrogen-bond donors (Lipinski definition) is 2. The third-order valence-electron chi connectivity index (χ3n) is 4.92. The van der Waals surface area contributed by atoms with Gasteiger partial charge >= 0.3 is 0 Å². The number of rotatable bonds is 4. The van der Waals surface area contributed by atoms with Gasteiger partial charge in [-0.2, -0.15) is 0 Å². The van der Waals surface area contributed by atoms with E-state index in [0.29, 0.717) is 19.6 Å². The van der Waals surface area contributed by atoms with Gasteiger partial charge in [-0.3, -0.25) is 9.59 Å². The van der Waals surface area contributed by atoms with Crippen molar-refractivity contribution in [2.24, 2.45) is 5.92 Å². The van der Waals surface area contributed by atoms with E-state index in [-0.39, 0.29) is 34.4 Å². The van der Waals surface area contributed by atoms with E-state index in [0.717, 1.165) is 32.2 Å². The van der Waals surface area contributed by atoms with Gasteiger partial charge in [0.05, 0.1) is 16.6 Å². The first-order chi connectivity index (χ1) is 12.1. The molecule has 2 aliphatic rings. The van der Waals surface area contributed by atoms with Crippen LogP contribution in [0.3, 0.4) is 0 Å². The molecule has 2 aliphatic heterocycles. The highest BCUT2D eigenvalue weighted by Gasteiger charge is 2.28. The Morgan fingerprint density at radius 1 is 1.32 bits per heavy atom. The number of likely N-dealkylation sites (tertiary alicyclic amines) is 1. The second-order valence-corrected chi connectivity index (χ2v) is 7.16. The summed E-state index contributed by atoms with van der Waals surface area (Å²) in [6, 6.07) is 4.15. The summed E-state index contributed by atoms with van der Waals surface area (Å²) in [5, 5.41) is 6.28. The number of nitrogens with zero attached hydrogens (tertiary/aromatic N) is 1. The lowest BCUT2D eigenvalue weighted by Gasteiger charge is -2.33. The molecule has 2 amide bonds. The highest BCUT2D eigenvalue weighted by atomic mass is 35.5. The van der Waals surface area contributed by atoms with Crippen molar-refractivity contribution < 1.29 is 14.0 Å². The summed E-state index contributed by atoms with van der Waals surface area (Å²) in [4.78, 5) is 26.4. The number of carbonyl (C=O) groups is 2. The van der Waals surface area contributed by atoms with Crippen molar-refractivity contribution in [3.8, 4) is 0 Å². The lowest BCUT2D eigenvalue weighted by Crippen LogP contribution is -2.46. The number of halogens is 2. The van der Waals surface area contributed by atoms with Crippen LogP contribution in [0.25, 0.3) is 0 Å². The number of piperidine rings is 1. The van der Waals surface area contributed by atoms with Crippen LogP contribution in [0.5, 0.6) is 0 Å². The summed E-state index contributed by atoms with van der Waals surface area (Å²) >= 11 is 6.00. The average Bonchev–Trinajstić information content (AvgIpc) is 3.14. The molecule has 2 unspecified atom stereocenters. The summed E-state index contributed by atoms with van der Waals surface area (Å²) in [6.07, 6.45) is 3.66. The lowest BCUT2D eigenvalue weighted by atomic mass is 9.97. The molecule has 0 saturated carbocycles. The Morgan fingerprint density at radius 2 is 2.16 bits per heavy atom. The zero-order chi connectivity index (χ0) is 17.8. The van der Waals surface area contributed by atoms with Gasteiger partial charge in [0.15, 0.2) is 0 Å². The largest absolute Gasteiger partial charge is 0.354 e. The fourth-order valence-electron chi connectivity index (χ4n) is 3.55. The normalized spacial score (nSPS) is 23.5. The van der Waals surface area contributed by atoms with Crippen LogP contribution >= 0.6 is 11.6 Å². The molecule has 0 aliphatic carbocycles. The molecule has 2 fully saturated rings. The summed E-state index contributed by atoms with van der Waals surface area (Å²) in [6.45, 7) is 2.50. The van der Waals surface area contributed by atoms with Crippen LogP contribution in [0.15, 0.2) is 18.2 Å². The molecule has 2 saturated heterocycles. The van der Waals surface area contributed by atoms with Crippen molar-refractivity contribution >= 4 is 23.4 Å². The van der Waals surface area contributed by atoms with Gasteiger partial charge in [0, 0.05) is 19.6 Å². The Bertz CT molecular complexity index is 629. The Balaban J connectivity index is 1.57. The third kappa shape index (κ3) is 4.30. The van der Waals surface area contributed by atoms with Crippen LogP contribution in [0.1, 0.15) is 36.0 Å². The predicted octanol–water partition coefficient (Wildman–Crippen LogP) is 2.20. The van der Waals surface area contributed by atoms with E-state index in [1.165, 1.54) is 18.2 Å². The molecule has 7 heteroatoms. The summed E-state index contributed by atoms with van der Waals surface area (Å²) in [7, 11) is 0. The third-order valence-corrected chi connectivity index (χ3v) is 5.24.